The van der Waals surface area contributed by atoms with Gasteiger partial charge in [0.1, 0.15) is 0 Å². The van der Waals surface area contributed by atoms with Crippen molar-refractivity contribution in [2.24, 2.45) is 5.73 Å². The quantitative estimate of drug-likeness (QED) is 0.258. The Hall–Kier alpha value is -2.61. The molecule has 0 aliphatic heterocycles. The van der Waals surface area contributed by atoms with Gasteiger partial charge in [0.25, 0.3) is 0 Å². The standard InChI is InChI=1S/C18H27N3O5/c1-13(22)26-16-6-5-14(11-15(16)23)12-18(25)21-10-4-2-3-9-20-17(24)7-8-19/h5-6,11,23H,2-4,7-10,12,19H2,1H3,(H,20,24)(H,21,25). The summed E-state index contributed by atoms with van der Waals surface area (Å²) in [7, 11) is 0. The molecule has 0 spiro atoms. The molecule has 2 amide bonds. The van der Waals surface area contributed by atoms with Crippen molar-refractivity contribution in [1.29, 1.82) is 0 Å². The molecule has 0 bridgehead atoms. The Balaban J connectivity index is 2.19. The summed E-state index contributed by atoms with van der Waals surface area (Å²) in [6.45, 7) is 2.75. The van der Waals surface area contributed by atoms with Crippen LogP contribution in [0.2, 0.25) is 0 Å². The van der Waals surface area contributed by atoms with Crippen LogP contribution in [0.5, 0.6) is 11.5 Å². The number of carbonyl (C=O) groups is 3. The Bertz CT molecular complexity index is 619. The lowest BCUT2D eigenvalue weighted by molar-refractivity contribution is -0.132. The minimum Gasteiger partial charge on any atom is -0.504 e. The van der Waals surface area contributed by atoms with E-state index in [9.17, 15) is 19.5 Å². The molecular formula is C18H27N3O5. The first kappa shape index (κ1) is 21.4. The second-order valence-corrected chi connectivity index (χ2v) is 5.87. The highest BCUT2D eigenvalue weighted by Gasteiger charge is 2.09. The summed E-state index contributed by atoms with van der Waals surface area (Å²) in [5, 5.41) is 15.4. The number of esters is 1. The van der Waals surface area contributed by atoms with Gasteiger partial charge >= 0.3 is 5.97 Å². The Kier molecular flexibility index (Phi) is 9.78. The molecule has 0 aliphatic carbocycles. The van der Waals surface area contributed by atoms with Gasteiger partial charge in [0.05, 0.1) is 6.42 Å². The van der Waals surface area contributed by atoms with E-state index in [-0.39, 0.29) is 29.7 Å². The van der Waals surface area contributed by atoms with Gasteiger partial charge in [-0.2, -0.15) is 0 Å². The zero-order valence-electron chi connectivity index (χ0n) is 15.0. The zero-order chi connectivity index (χ0) is 19.4. The summed E-state index contributed by atoms with van der Waals surface area (Å²) in [6.07, 6.45) is 3.02. The van der Waals surface area contributed by atoms with Crippen LogP contribution in [0.4, 0.5) is 0 Å². The van der Waals surface area contributed by atoms with Gasteiger partial charge in [-0.1, -0.05) is 6.07 Å². The van der Waals surface area contributed by atoms with Crippen LogP contribution in [-0.2, 0) is 20.8 Å². The monoisotopic (exact) mass is 365 g/mol. The highest BCUT2D eigenvalue weighted by molar-refractivity contribution is 5.79. The van der Waals surface area contributed by atoms with Crippen LogP contribution in [0.3, 0.4) is 0 Å². The smallest absolute Gasteiger partial charge is 0.308 e. The van der Waals surface area contributed by atoms with Gasteiger partial charge in [-0.3, -0.25) is 14.4 Å². The fourth-order valence-electron chi connectivity index (χ4n) is 2.26. The molecule has 0 fully saturated rings. The molecule has 0 aliphatic rings. The number of hydrogen-bond donors (Lipinski definition) is 4. The summed E-state index contributed by atoms with van der Waals surface area (Å²) < 4.78 is 4.82. The predicted octanol–water partition coefficient (Wildman–Crippen LogP) is 0.612. The summed E-state index contributed by atoms with van der Waals surface area (Å²) in [6, 6.07) is 4.49. The number of hydrogen-bond acceptors (Lipinski definition) is 6. The maximum atomic E-state index is 11.9. The summed E-state index contributed by atoms with van der Waals surface area (Å²) in [5.74, 6) is -0.822. The number of nitrogens with two attached hydrogens (primary N) is 1. The molecule has 0 heterocycles. The van der Waals surface area contributed by atoms with E-state index in [1.165, 1.54) is 19.1 Å². The van der Waals surface area contributed by atoms with Crippen molar-refractivity contribution in [3.8, 4) is 11.5 Å². The molecule has 0 saturated carbocycles. The Labute approximate surface area is 153 Å². The lowest BCUT2D eigenvalue weighted by atomic mass is 10.1. The number of amides is 2. The van der Waals surface area contributed by atoms with E-state index in [1.54, 1.807) is 6.07 Å². The minimum absolute atomic E-state index is 0.0382. The largest absolute Gasteiger partial charge is 0.504 e. The van der Waals surface area contributed by atoms with Crippen LogP contribution in [0.15, 0.2) is 18.2 Å². The Morgan fingerprint density at radius 1 is 1.08 bits per heavy atom. The second-order valence-electron chi connectivity index (χ2n) is 5.87. The van der Waals surface area contributed by atoms with Crippen LogP contribution in [0.1, 0.15) is 38.2 Å². The molecule has 0 radical (unpaired) electrons. The van der Waals surface area contributed by atoms with Gasteiger partial charge in [0.15, 0.2) is 11.5 Å². The van der Waals surface area contributed by atoms with Crippen LogP contribution in [0.25, 0.3) is 0 Å². The maximum absolute atomic E-state index is 11.9. The van der Waals surface area contributed by atoms with Gasteiger partial charge < -0.3 is 26.2 Å². The van der Waals surface area contributed by atoms with Crippen molar-refractivity contribution >= 4 is 17.8 Å². The van der Waals surface area contributed by atoms with Crippen LogP contribution >= 0.6 is 0 Å². The number of carbonyl (C=O) groups excluding carboxylic acids is 3. The fourth-order valence-corrected chi connectivity index (χ4v) is 2.26. The van der Waals surface area contributed by atoms with Crippen molar-refractivity contribution < 1.29 is 24.2 Å². The van der Waals surface area contributed by atoms with Crippen molar-refractivity contribution in [1.82, 2.24) is 10.6 Å². The Morgan fingerprint density at radius 2 is 1.73 bits per heavy atom. The van der Waals surface area contributed by atoms with Crippen LogP contribution in [0, 0.1) is 0 Å². The first-order chi connectivity index (χ1) is 12.4. The number of aromatic hydroxyl groups is 1. The number of rotatable bonds is 11. The molecule has 144 valence electrons. The van der Waals surface area contributed by atoms with Crippen molar-refractivity contribution in [3.05, 3.63) is 23.8 Å². The van der Waals surface area contributed by atoms with Crippen molar-refractivity contribution in [2.45, 2.75) is 39.0 Å². The van der Waals surface area contributed by atoms with Gasteiger partial charge in [0.2, 0.25) is 11.8 Å². The third-order valence-corrected chi connectivity index (χ3v) is 3.51. The molecule has 0 saturated heterocycles. The van der Waals surface area contributed by atoms with E-state index in [0.717, 1.165) is 19.3 Å². The normalized spacial score (nSPS) is 10.2. The maximum Gasteiger partial charge on any atom is 0.308 e. The lowest BCUT2D eigenvalue weighted by Crippen LogP contribution is -2.27. The third kappa shape index (κ3) is 9.03. The number of benzene rings is 1. The second kappa shape index (κ2) is 11.9. The Morgan fingerprint density at radius 3 is 2.31 bits per heavy atom. The third-order valence-electron chi connectivity index (χ3n) is 3.51. The van der Waals surface area contributed by atoms with Gasteiger partial charge in [-0.15, -0.1) is 0 Å². The molecule has 1 rings (SSSR count). The number of unbranched alkanes of at least 4 members (excludes halogenated alkanes) is 2. The van der Waals surface area contributed by atoms with E-state index >= 15 is 0 Å². The first-order valence-electron chi connectivity index (χ1n) is 8.66. The van der Waals surface area contributed by atoms with Crippen molar-refractivity contribution in [3.63, 3.8) is 0 Å². The molecule has 8 heteroatoms. The molecule has 8 nitrogen and oxygen atoms in total. The van der Waals surface area contributed by atoms with Gasteiger partial charge in [-0.05, 0) is 37.0 Å². The fraction of sp³-hybridized carbons (Fsp3) is 0.500. The van der Waals surface area contributed by atoms with Crippen molar-refractivity contribution in [2.75, 3.05) is 19.6 Å². The highest BCUT2D eigenvalue weighted by atomic mass is 16.5. The molecule has 1 aromatic rings. The molecule has 26 heavy (non-hydrogen) atoms. The predicted molar refractivity (Wildman–Crippen MR) is 96.7 cm³/mol. The van der Waals surface area contributed by atoms with Crippen LogP contribution < -0.4 is 21.1 Å². The average molecular weight is 365 g/mol. The zero-order valence-corrected chi connectivity index (χ0v) is 15.0. The van der Waals surface area contributed by atoms with E-state index < -0.39 is 5.97 Å². The van der Waals surface area contributed by atoms with E-state index in [1.807, 2.05) is 0 Å². The van der Waals surface area contributed by atoms with E-state index in [4.69, 9.17) is 10.5 Å². The van der Waals surface area contributed by atoms with E-state index in [2.05, 4.69) is 10.6 Å². The van der Waals surface area contributed by atoms with Gasteiger partial charge in [-0.25, -0.2) is 0 Å². The SMILES string of the molecule is CC(=O)Oc1ccc(CC(=O)NCCCCCNC(=O)CCN)cc1O. The molecule has 1 aromatic carbocycles. The average Bonchev–Trinajstić information content (AvgIpc) is 2.56. The van der Waals surface area contributed by atoms with Gasteiger partial charge in [0, 0.05) is 33.0 Å². The number of nitrogens with one attached hydrogen (secondary N) is 2. The first-order valence-corrected chi connectivity index (χ1v) is 8.66. The number of phenols is 1. The molecular weight excluding hydrogens is 338 g/mol. The minimum atomic E-state index is -0.523. The molecule has 5 N–H and O–H groups in total. The summed E-state index contributed by atoms with van der Waals surface area (Å²) in [4.78, 5) is 34.0. The van der Waals surface area contributed by atoms with Crippen LogP contribution in [-0.4, -0.2) is 42.5 Å². The topological polar surface area (TPSA) is 131 Å². The number of ether oxygens (including phenoxy) is 1. The number of phenolic OH excluding ortho intramolecular Hbond substituents is 1. The lowest BCUT2D eigenvalue weighted by Gasteiger charge is -2.08. The summed E-state index contributed by atoms with van der Waals surface area (Å²) in [5.41, 5.74) is 5.91. The highest BCUT2D eigenvalue weighted by Crippen LogP contribution is 2.27. The summed E-state index contributed by atoms with van der Waals surface area (Å²) >= 11 is 0. The molecule has 0 aromatic heterocycles. The molecule has 0 unspecified atom stereocenters. The molecule has 0 atom stereocenters. The van der Waals surface area contributed by atoms with E-state index in [0.29, 0.717) is 31.6 Å².